The first-order valence-corrected chi connectivity index (χ1v) is 27.1. The zero-order chi connectivity index (χ0) is 50.0. The Morgan fingerprint density at radius 1 is 0.417 bits per heavy atom. The summed E-state index contributed by atoms with van der Waals surface area (Å²) in [7, 11) is 0. The summed E-state index contributed by atoms with van der Waals surface area (Å²) < 4.78 is 14.1. The first-order valence-electron chi connectivity index (χ1n) is 27.1. The van der Waals surface area contributed by atoms with Crippen LogP contribution in [0.4, 0.5) is 28.4 Å². The van der Waals surface area contributed by atoms with Gasteiger partial charge in [-0.2, -0.15) is 0 Å². The van der Waals surface area contributed by atoms with E-state index in [2.05, 4.69) is 209 Å². The molecule has 0 atom stereocenters. The van der Waals surface area contributed by atoms with Gasteiger partial charge in [0.25, 0.3) is 0 Å². The average Bonchev–Trinajstić information content (AvgIpc) is 3.90. The molecule has 0 unspecified atom stereocenters. The fourth-order valence-corrected chi connectivity index (χ4v) is 14.7. The second-order valence-electron chi connectivity index (χ2n) is 26.9. The van der Waals surface area contributed by atoms with Gasteiger partial charge in [-0.1, -0.05) is 132 Å². The summed E-state index contributed by atoms with van der Waals surface area (Å²) in [6, 6.07) is 42.7. The van der Waals surface area contributed by atoms with Crippen LogP contribution in [0.15, 0.2) is 118 Å². The Bertz CT molecular complexity index is 3870. The van der Waals surface area contributed by atoms with Gasteiger partial charge in [0.2, 0.25) is 0 Å². The highest BCUT2D eigenvalue weighted by Gasteiger charge is 2.50. The summed E-state index contributed by atoms with van der Waals surface area (Å²) >= 11 is 0. The summed E-state index contributed by atoms with van der Waals surface area (Å²) in [4.78, 5) is 5.43. The Balaban J connectivity index is 1.18. The summed E-state index contributed by atoms with van der Waals surface area (Å²) in [6.45, 7) is 31.7. The van der Waals surface area contributed by atoms with Crippen molar-refractivity contribution in [2.75, 3.05) is 9.71 Å². The lowest BCUT2D eigenvalue weighted by atomic mass is 9.43. The van der Waals surface area contributed by atoms with Crippen molar-refractivity contribution >= 4 is 90.1 Å². The van der Waals surface area contributed by atoms with E-state index >= 15 is 0 Å². The Morgan fingerprint density at radius 3 is 1.57 bits per heavy atom. The second-order valence-corrected chi connectivity index (χ2v) is 26.9. The predicted octanol–water partition coefficient (Wildman–Crippen LogP) is 17.5. The molecule has 2 aromatic heterocycles. The van der Waals surface area contributed by atoms with E-state index < -0.39 is 0 Å². The van der Waals surface area contributed by atoms with Crippen molar-refractivity contribution in [3.05, 3.63) is 148 Å². The molecule has 4 heterocycles. The number of aryl methyl sites for hydroxylation is 1. The number of anilines is 5. The number of nitrogens with zero attached hydrogens (tertiary/aromatic N) is 2. The largest absolute Gasteiger partial charge is 0.456 e. The maximum atomic E-state index is 7.15. The molecule has 2 aliphatic heterocycles. The van der Waals surface area contributed by atoms with Crippen LogP contribution in [0.2, 0.25) is 0 Å². The molecule has 0 saturated carbocycles. The molecule has 0 radical (unpaired) electrons. The molecule has 0 fully saturated rings. The van der Waals surface area contributed by atoms with Crippen molar-refractivity contribution in [3.8, 4) is 11.1 Å². The molecular formula is C67H69BN2O2. The van der Waals surface area contributed by atoms with Crippen LogP contribution in [0.5, 0.6) is 0 Å². The summed E-state index contributed by atoms with van der Waals surface area (Å²) in [5.41, 5.74) is 25.3. The van der Waals surface area contributed by atoms with Gasteiger partial charge in [0.15, 0.2) is 0 Å². The molecule has 0 bridgehead atoms. The molecule has 5 heteroatoms. The molecule has 0 spiro atoms. The van der Waals surface area contributed by atoms with E-state index in [4.69, 9.17) is 8.83 Å². The first kappa shape index (κ1) is 44.5. The average molecular weight is 945 g/mol. The lowest BCUT2D eigenvalue weighted by molar-refractivity contribution is 0.332. The highest BCUT2D eigenvalue weighted by molar-refractivity contribution is 6.94. The van der Waals surface area contributed by atoms with E-state index in [1.165, 1.54) is 108 Å². The van der Waals surface area contributed by atoms with E-state index in [0.717, 1.165) is 64.2 Å². The molecule has 7 aromatic carbocycles. The van der Waals surface area contributed by atoms with Gasteiger partial charge >= 0.3 is 6.85 Å². The number of hydrogen-bond donors (Lipinski definition) is 0. The van der Waals surface area contributed by atoms with Gasteiger partial charge in [-0.3, -0.25) is 0 Å². The topological polar surface area (TPSA) is 32.8 Å². The van der Waals surface area contributed by atoms with Gasteiger partial charge in [0.1, 0.15) is 22.3 Å². The van der Waals surface area contributed by atoms with Gasteiger partial charge in [-0.15, -0.1) is 0 Å². The molecule has 14 rings (SSSR count). The number of fused-ring (bicyclic) bond motifs is 14. The van der Waals surface area contributed by atoms with Crippen molar-refractivity contribution in [2.24, 2.45) is 0 Å². The second kappa shape index (κ2) is 14.1. The summed E-state index contributed by atoms with van der Waals surface area (Å²) in [5, 5.41) is 4.65. The normalized spacial score (nSPS) is 20.3. The van der Waals surface area contributed by atoms with Crippen molar-refractivity contribution in [1.82, 2.24) is 0 Å². The van der Waals surface area contributed by atoms with Crippen LogP contribution < -0.4 is 20.6 Å². The van der Waals surface area contributed by atoms with Crippen LogP contribution in [0.3, 0.4) is 0 Å². The number of benzene rings is 7. The van der Waals surface area contributed by atoms with Gasteiger partial charge in [-0.25, -0.2) is 0 Å². The van der Waals surface area contributed by atoms with E-state index in [9.17, 15) is 0 Å². The standard InChI is InChI=1S/C67H69BN2O2/c1-38-30-45-48(66(10,11)28-26-63(45,4)5)34-51(38)69-53-33-42-40-18-14-16-20-55(40)71-57(42)36-50(53)68-61-54(69)37-58-59(41-19-15-17-21-56(41)72-58)60(61)43-32-47-49(67(12,13)29-27-65(47,8)9)35-52(43)70(68)39-22-23-44-46(31-39)64(6,7)25-24-62(44,2)3/h14-23,30-37H,24-29H2,1-13H3. The Morgan fingerprint density at radius 2 is 0.931 bits per heavy atom. The minimum Gasteiger partial charge on any atom is -0.456 e. The molecule has 9 aromatic rings. The van der Waals surface area contributed by atoms with Crippen LogP contribution in [0.25, 0.3) is 55.0 Å². The number of furan rings is 2. The van der Waals surface area contributed by atoms with E-state index in [-0.39, 0.29) is 39.3 Å². The Hall–Kier alpha value is -6.20. The maximum absolute atomic E-state index is 7.15. The van der Waals surface area contributed by atoms with E-state index in [1.54, 1.807) is 0 Å². The molecule has 72 heavy (non-hydrogen) atoms. The summed E-state index contributed by atoms with van der Waals surface area (Å²) in [5.74, 6) is 0. The minimum atomic E-state index is -0.201. The third kappa shape index (κ3) is 5.94. The van der Waals surface area contributed by atoms with Crippen LogP contribution >= 0.6 is 0 Å². The molecule has 4 nitrogen and oxygen atoms in total. The van der Waals surface area contributed by atoms with Gasteiger partial charge in [0.05, 0.1) is 0 Å². The SMILES string of the molecule is Cc1cc2c(cc1N1c3cc4c(cc3B3c5c1cc1oc6ccccc6c1c5-c1cc5c(cc1N3c1ccc3c(c1)C(C)(C)CCC3(C)C)C(C)(C)CCC5(C)C)oc1ccccc14)C(C)(C)CCC2(C)C. The highest BCUT2D eigenvalue weighted by atomic mass is 16.3. The third-order valence-corrected chi connectivity index (χ3v) is 19.5. The van der Waals surface area contributed by atoms with Crippen molar-refractivity contribution in [2.45, 2.75) is 161 Å². The van der Waals surface area contributed by atoms with Gasteiger partial charge in [-0.05, 0) is 188 Å². The fourth-order valence-electron chi connectivity index (χ4n) is 14.7. The Labute approximate surface area is 426 Å². The van der Waals surface area contributed by atoms with Crippen LogP contribution in [0, 0.1) is 6.92 Å². The third-order valence-electron chi connectivity index (χ3n) is 19.5. The molecule has 0 N–H and O–H groups in total. The number of rotatable bonds is 2. The molecule has 3 aliphatic carbocycles. The quantitative estimate of drug-likeness (QED) is 0.162. The van der Waals surface area contributed by atoms with Gasteiger partial charge < -0.3 is 18.5 Å². The lowest BCUT2D eigenvalue weighted by Gasteiger charge is -2.49. The molecule has 0 amide bonds. The fraction of sp³-hybridized carbons (Fsp3) is 0.373. The highest BCUT2D eigenvalue weighted by Crippen LogP contribution is 2.58. The Kier molecular flexibility index (Phi) is 8.71. The minimum absolute atomic E-state index is 0.00122. The smallest absolute Gasteiger partial charge is 0.333 e. The molecule has 0 saturated heterocycles. The van der Waals surface area contributed by atoms with E-state index in [1.807, 2.05) is 0 Å². The number of hydrogen-bond acceptors (Lipinski definition) is 4. The maximum Gasteiger partial charge on any atom is 0.333 e. The molecule has 5 aliphatic rings. The number of para-hydroxylation sites is 2. The lowest BCUT2D eigenvalue weighted by Crippen LogP contribution is -2.61. The van der Waals surface area contributed by atoms with Crippen LogP contribution in [0.1, 0.15) is 161 Å². The molecular weight excluding hydrogens is 876 g/mol. The van der Waals surface area contributed by atoms with Crippen molar-refractivity contribution < 1.29 is 8.83 Å². The monoisotopic (exact) mass is 945 g/mol. The summed E-state index contributed by atoms with van der Waals surface area (Å²) in [6.07, 6.45) is 6.94. The predicted molar refractivity (Wildman–Crippen MR) is 305 cm³/mol. The van der Waals surface area contributed by atoms with Gasteiger partial charge in [0, 0.05) is 61.6 Å². The van der Waals surface area contributed by atoms with Crippen molar-refractivity contribution in [1.29, 1.82) is 0 Å². The van der Waals surface area contributed by atoms with Crippen molar-refractivity contribution in [3.63, 3.8) is 0 Å². The van der Waals surface area contributed by atoms with Crippen LogP contribution in [-0.4, -0.2) is 6.85 Å². The van der Waals surface area contributed by atoms with Crippen LogP contribution in [-0.2, 0) is 32.5 Å². The first-order chi connectivity index (χ1) is 34.0. The zero-order valence-electron chi connectivity index (χ0n) is 44.9. The molecule has 362 valence electrons. The van der Waals surface area contributed by atoms with E-state index in [0.29, 0.717) is 0 Å². The zero-order valence-corrected chi connectivity index (χ0v) is 44.9.